The van der Waals surface area contributed by atoms with Crippen LogP contribution in [0.2, 0.25) is 13.3 Å². The number of hydrogen-bond acceptors (Lipinski definition) is 5. The van der Waals surface area contributed by atoms with Gasteiger partial charge in [-0.3, -0.25) is 0 Å². The van der Waals surface area contributed by atoms with Crippen molar-refractivity contribution in [3.05, 3.63) is 29.8 Å². The van der Waals surface area contributed by atoms with Gasteiger partial charge in [0, 0.05) is 0 Å². The minimum absolute atomic E-state index is 0.0643. The van der Waals surface area contributed by atoms with Crippen molar-refractivity contribution in [3.63, 3.8) is 0 Å². The summed E-state index contributed by atoms with van der Waals surface area (Å²) in [6, 6.07) is 3.36. The van der Waals surface area contributed by atoms with Gasteiger partial charge in [0.1, 0.15) is 0 Å². The van der Waals surface area contributed by atoms with Gasteiger partial charge in [0.25, 0.3) is 0 Å². The number of carbonyl (C=O) groups excluding carboxylic acids is 1. The monoisotopic (exact) mass is 556 g/mol. The molecular weight excluding hydrogens is 511 g/mol. The number of unbranched alkanes of at least 4 members (excludes halogenated alkanes) is 3. The average molecular weight is 555 g/mol. The fourth-order valence-corrected chi connectivity index (χ4v) is 20.7. The van der Waals surface area contributed by atoms with E-state index < -0.39 is 18.4 Å². The van der Waals surface area contributed by atoms with E-state index in [1.165, 1.54) is 51.8 Å². The molecule has 0 amide bonds. The molecule has 0 aliphatic rings. The average Bonchev–Trinajstić information content (AvgIpc) is 2.82. The molecule has 182 valence electrons. The number of esters is 1. The SMILES string of the molecule is C/C=C/[C@H](OC(=O)c1cc(OC)c(OC)c(OC)c1)[Sn]([CH2]CCC)([CH2]CCC)[CH2]CCC. The van der Waals surface area contributed by atoms with Crippen LogP contribution in [0.3, 0.4) is 0 Å². The van der Waals surface area contributed by atoms with E-state index in [-0.39, 0.29) is 10.1 Å². The van der Waals surface area contributed by atoms with Crippen LogP contribution < -0.4 is 14.2 Å². The van der Waals surface area contributed by atoms with Crippen LogP contribution in [0.1, 0.15) is 76.6 Å². The molecule has 1 rings (SSSR count). The Morgan fingerprint density at radius 1 is 0.875 bits per heavy atom. The Kier molecular flexibility index (Phi) is 13.8. The van der Waals surface area contributed by atoms with Crippen LogP contribution in [0, 0.1) is 0 Å². The fraction of sp³-hybridized carbons (Fsp3) is 0.654. The molecule has 32 heavy (non-hydrogen) atoms. The Bertz CT molecular complexity index is 669. The Hall–Kier alpha value is -1.37. The standard InChI is InChI=1S/C14H17O5.3C4H9.Sn/c1-5-6-7-19-14(15)10-8-11(16-2)13(18-4)12(9-10)17-3;3*1-3-4-2;/h5-9H,1-4H3;3*1,3-4H2,2H3;/b6-5+;;;;. The molecule has 0 aliphatic heterocycles. The van der Waals surface area contributed by atoms with Crippen molar-refractivity contribution in [2.24, 2.45) is 0 Å². The number of allylic oxidation sites excluding steroid dienone is 1. The Morgan fingerprint density at radius 2 is 1.34 bits per heavy atom. The predicted octanol–water partition coefficient (Wildman–Crippen LogP) is 7.20. The van der Waals surface area contributed by atoms with Crippen molar-refractivity contribution in [2.75, 3.05) is 21.3 Å². The van der Waals surface area contributed by atoms with E-state index in [1.54, 1.807) is 33.5 Å². The van der Waals surface area contributed by atoms with Crippen molar-refractivity contribution in [2.45, 2.75) is 83.6 Å². The second kappa shape index (κ2) is 15.5. The minimum atomic E-state index is -2.82. The molecule has 0 spiro atoms. The molecular formula is C26H44O5Sn. The summed E-state index contributed by atoms with van der Waals surface area (Å²) in [5, 5.41) is 0. The first-order valence-electron chi connectivity index (χ1n) is 12.1. The van der Waals surface area contributed by atoms with E-state index >= 15 is 0 Å². The van der Waals surface area contributed by atoms with Crippen molar-refractivity contribution in [1.29, 1.82) is 0 Å². The zero-order valence-corrected chi connectivity index (χ0v) is 24.1. The molecule has 0 unspecified atom stereocenters. The maximum absolute atomic E-state index is 13.4. The quantitative estimate of drug-likeness (QED) is 0.123. The molecule has 0 N–H and O–H groups in total. The van der Waals surface area contributed by atoms with E-state index in [1.807, 2.05) is 6.92 Å². The summed E-state index contributed by atoms with van der Waals surface area (Å²) in [5.74, 6) is 1.06. The molecule has 5 nitrogen and oxygen atoms in total. The Morgan fingerprint density at radius 3 is 1.69 bits per heavy atom. The van der Waals surface area contributed by atoms with E-state index in [9.17, 15) is 4.79 Å². The molecule has 1 aromatic carbocycles. The fourth-order valence-electron chi connectivity index (χ4n) is 4.31. The number of carbonyl (C=O) groups is 1. The summed E-state index contributed by atoms with van der Waals surface area (Å²) < 4.78 is 26.3. The number of rotatable bonds is 16. The molecule has 1 atom stereocenters. The third-order valence-electron chi connectivity index (χ3n) is 6.19. The summed E-state index contributed by atoms with van der Waals surface area (Å²) in [4.78, 5) is 13.4. The second-order valence-electron chi connectivity index (χ2n) is 8.44. The topological polar surface area (TPSA) is 54.0 Å². The first-order valence-corrected chi connectivity index (χ1v) is 19.8. The normalized spacial score (nSPS) is 12.6. The van der Waals surface area contributed by atoms with Crippen LogP contribution in [0.4, 0.5) is 0 Å². The molecule has 0 bridgehead atoms. The van der Waals surface area contributed by atoms with Gasteiger partial charge in [-0.25, -0.2) is 0 Å². The predicted molar refractivity (Wildman–Crippen MR) is 135 cm³/mol. The first kappa shape index (κ1) is 28.7. The summed E-state index contributed by atoms with van der Waals surface area (Å²) >= 11 is -2.82. The van der Waals surface area contributed by atoms with E-state index in [2.05, 4.69) is 32.9 Å². The number of hydrogen-bond donors (Lipinski definition) is 0. The number of benzene rings is 1. The second-order valence-corrected chi connectivity index (χ2v) is 22.1. The number of ether oxygens (including phenoxy) is 4. The van der Waals surface area contributed by atoms with Crippen molar-refractivity contribution in [3.8, 4) is 17.2 Å². The molecule has 0 heterocycles. The molecule has 0 radical (unpaired) electrons. The number of methoxy groups -OCH3 is 3. The van der Waals surface area contributed by atoms with Gasteiger partial charge in [0.05, 0.1) is 0 Å². The van der Waals surface area contributed by atoms with E-state index in [4.69, 9.17) is 18.9 Å². The van der Waals surface area contributed by atoms with Crippen LogP contribution in [-0.4, -0.2) is 49.8 Å². The van der Waals surface area contributed by atoms with Gasteiger partial charge in [0.2, 0.25) is 0 Å². The molecule has 0 fully saturated rings. The van der Waals surface area contributed by atoms with Gasteiger partial charge < -0.3 is 0 Å². The van der Waals surface area contributed by atoms with Gasteiger partial charge in [-0.05, 0) is 0 Å². The molecule has 6 heteroatoms. The van der Waals surface area contributed by atoms with Gasteiger partial charge in [-0.2, -0.15) is 0 Å². The van der Waals surface area contributed by atoms with Gasteiger partial charge in [-0.15, -0.1) is 0 Å². The molecule has 0 aromatic heterocycles. The molecule has 0 saturated heterocycles. The van der Waals surface area contributed by atoms with Crippen LogP contribution in [0.5, 0.6) is 17.2 Å². The van der Waals surface area contributed by atoms with Gasteiger partial charge in [0.15, 0.2) is 0 Å². The molecule has 0 aliphatic carbocycles. The van der Waals surface area contributed by atoms with Crippen LogP contribution in [0.15, 0.2) is 24.3 Å². The van der Waals surface area contributed by atoms with Crippen LogP contribution in [0.25, 0.3) is 0 Å². The van der Waals surface area contributed by atoms with E-state index in [0.717, 1.165) is 0 Å². The maximum atomic E-state index is 13.4. The third-order valence-corrected chi connectivity index (χ3v) is 22.1. The summed E-state index contributed by atoms with van der Waals surface area (Å²) in [7, 11) is 4.66. The summed E-state index contributed by atoms with van der Waals surface area (Å²) in [6.45, 7) is 8.78. The first-order chi connectivity index (χ1) is 15.5. The Balaban J connectivity index is 3.36. The van der Waals surface area contributed by atoms with Crippen molar-refractivity contribution >= 4 is 24.3 Å². The van der Waals surface area contributed by atoms with E-state index in [0.29, 0.717) is 22.8 Å². The third kappa shape index (κ3) is 7.89. The Labute approximate surface area is 199 Å². The zero-order chi connectivity index (χ0) is 24.0. The van der Waals surface area contributed by atoms with Gasteiger partial charge in [-0.1, -0.05) is 0 Å². The molecule has 0 saturated carbocycles. The van der Waals surface area contributed by atoms with Crippen LogP contribution in [-0.2, 0) is 4.74 Å². The van der Waals surface area contributed by atoms with Gasteiger partial charge >= 0.3 is 200 Å². The molecule has 1 aromatic rings. The zero-order valence-electron chi connectivity index (χ0n) is 21.3. The van der Waals surface area contributed by atoms with Crippen LogP contribution >= 0.6 is 0 Å². The van der Waals surface area contributed by atoms with Crippen molar-refractivity contribution in [1.82, 2.24) is 0 Å². The summed E-state index contributed by atoms with van der Waals surface area (Å²) in [5.41, 5.74) is 0.427. The summed E-state index contributed by atoms with van der Waals surface area (Å²) in [6.07, 6.45) is 11.4. The van der Waals surface area contributed by atoms with Crippen molar-refractivity contribution < 1.29 is 23.7 Å².